The first-order chi connectivity index (χ1) is 6.81. The summed E-state index contributed by atoms with van der Waals surface area (Å²) in [7, 11) is 0. The molecule has 1 aromatic rings. The van der Waals surface area contributed by atoms with Gasteiger partial charge in [0.15, 0.2) is 0 Å². The van der Waals surface area contributed by atoms with Crippen molar-refractivity contribution in [2.45, 2.75) is 19.8 Å². The molecular weight excluding hydrogens is 178 g/mol. The number of rotatable bonds is 4. The van der Waals surface area contributed by atoms with Crippen LogP contribution >= 0.6 is 0 Å². The number of carbonyl (C=O) groups excluding carboxylic acids is 1. The second-order valence-electron chi connectivity index (χ2n) is 2.73. The molecule has 14 heavy (non-hydrogen) atoms. The van der Waals surface area contributed by atoms with Crippen LogP contribution in [0.5, 0.6) is 0 Å². The predicted octanol–water partition coefficient (Wildman–Crippen LogP) is 2.23. The SMILES string of the molecule is CCCCOC=O.Nc1ccccc1. The molecule has 0 aromatic heterocycles. The third-order valence-electron chi connectivity index (χ3n) is 1.48. The van der Waals surface area contributed by atoms with Gasteiger partial charge in [0.1, 0.15) is 0 Å². The van der Waals surface area contributed by atoms with Crippen molar-refractivity contribution < 1.29 is 9.53 Å². The summed E-state index contributed by atoms with van der Waals surface area (Å²) in [6, 6.07) is 9.49. The van der Waals surface area contributed by atoms with Crippen LogP contribution in [0.1, 0.15) is 19.8 Å². The van der Waals surface area contributed by atoms with E-state index in [0.717, 1.165) is 18.5 Å². The minimum Gasteiger partial charge on any atom is -0.468 e. The maximum absolute atomic E-state index is 9.46. The van der Waals surface area contributed by atoms with Crippen molar-refractivity contribution in [1.82, 2.24) is 0 Å². The van der Waals surface area contributed by atoms with Crippen molar-refractivity contribution in [3.63, 3.8) is 0 Å². The number of nitrogens with two attached hydrogens (primary N) is 1. The second kappa shape index (κ2) is 9.58. The van der Waals surface area contributed by atoms with Crippen molar-refractivity contribution in [2.24, 2.45) is 0 Å². The van der Waals surface area contributed by atoms with Crippen LogP contribution in [0.25, 0.3) is 0 Å². The average molecular weight is 195 g/mol. The predicted molar refractivity (Wildman–Crippen MR) is 57.8 cm³/mol. The first-order valence-electron chi connectivity index (χ1n) is 4.67. The lowest BCUT2D eigenvalue weighted by Crippen LogP contribution is -1.88. The Morgan fingerprint density at radius 2 is 2.00 bits per heavy atom. The van der Waals surface area contributed by atoms with Gasteiger partial charge in [0.25, 0.3) is 6.47 Å². The maximum atomic E-state index is 9.46. The van der Waals surface area contributed by atoms with Gasteiger partial charge in [-0.3, -0.25) is 4.79 Å². The zero-order valence-electron chi connectivity index (χ0n) is 8.48. The van der Waals surface area contributed by atoms with E-state index in [1.54, 1.807) is 0 Å². The van der Waals surface area contributed by atoms with Crippen LogP contribution in [-0.2, 0) is 9.53 Å². The largest absolute Gasteiger partial charge is 0.468 e. The fourth-order valence-corrected chi connectivity index (χ4v) is 0.729. The Hall–Kier alpha value is -1.51. The zero-order chi connectivity index (χ0) is 10.6. The summed E-state index contributed by atoms with van der Waals surface area (Å²) in [5.74, 6) is 0. The van der Waals surface area contributed by atoms with E-state index >= 15 is 0 Å². The van der Waals surface area contributed by atoms with Gasteiger partial charge in [-0.2, -0.15) is 0 Å². The highest BCUT2D eigenvalue weighted by atomic mass is 16.5. The van der Waals surface area contributed by atoms with Crippen LogP contribution in [0.3, 0.4) is 0 Å². The fraction of sp³-hybridized carbons (Fsp3) is 0.364. The molecule has 2 N–H and O–H groups in total. The van der Waals surface area contributed by atoms with Gasteiger partial charge in [-0.1, -0.05) is 31.5 Å². The minimum absolute atomic E-state index is 0.482. The van der Waals surface area contributed by atoms with Crippen LogP contribution in [0.15, 0.2) is 30.3 Å². The Morgan fingerprint density at radius 1 is 1.36 bits per heavy atom. The van der Waals surface area contributed by atoms with Crippen molar-refractivity contribution in [3.8, 4) is 0 Å². The van der Waals surface area contributed by atoms with E-state index in [1.807, 2.05) is 37.3 Å². The van der Waals surface area contributed by atoms with Gasteiger partial charge in [-0.15, -0.1) is 0 Å². The molecule has 1 rings (SSSR count). The summed E-state index contributed by atoms with van der Waals surface area (Å²) in [5, 5.41) is 0. The lowest BCUT2D eigenvalue weighted by Gasteiger charge is -1.90. The number of hydrogen-bond donors (Lipinski definition) is 1. The van der Waals surface area contributed by atoms with Crippen molar-refractivity contribution in [2.75, 3.05) is 12.3 Å². The summed E-state index contributed by atoms with van der Waals surface area (Å²) >= 11 is 0. The third-order valence-corrected chi connectivity index (χ3v) is 1.48. The van der Waals surface area contributed by atoms with E-state index in [2.05, 4.69) is 4.74 Å². The van der Waals surface area contributed by atoms with E-state index in [1.165, 1.54) is 0 Å². The van der Waals surface area contributed by atoms with Crippen molar-refractivity contribution in [3.05, 3.63) is 30.3 Å². The van der Waals surface area contributed by atoms with E-state index in [-0.39, 0.29) is 0 Å². The smallest absolute Gasteiger partial charge is 0.293 e. The fourth-order valence-electron chi connectivity index (χ4n) is 0.729. The highest BCUT2D eigenvalue weighted by molar-refractivity contribution is 5.36. The van der Waals surface area contributed by atoms with Gasteiger partial charge in [0.05, 0.1) is 6.61 Å². The molecule has 0 fully saturated rings. The van der Waals surface area contributed by atoms with E-state index in [4.69, 9.17) is 5.73 Å². The molecule has 0 saturated heterocycles. The first-order valence-corrected chi connectivity index (χ1v) is 4.67. The van der Waals surface area contributed by atoms with Crippen LogP contribution in [0.2, 0.25) is 0 Å². The first kappa shape index (κ1) is 12.5. The molecule has 3 heteroatoms. The number of ether oxygens (including phenoxy) is 1. The number of benzene rings is 1. The quantitative estimate of drug-likeness (QED) is 0.455. The monoisotopic (exact) mass is 195 g/mol. The summed E-state index contributed by atoms with van der Waals surface area (Å²) < 4.78 is 4.39. The van der Waals surface area contributed by atoms with Crippen molar-refractivity contribution in [1.29, 1.82) is 0 Å². The van der Waals surface area contributed by atoms with Gasteiger partial charge in [-0.05, 0) is 18.6 Å². The van der Waals surface area contributed by atoms with E-state index < -0.39 is 0 Å². The Bertz CT molecular complexity index is 224. The molecule has 0 atom stereocenters. The van der Waals surface area contributed by atoms with Crippen LogP contribution in [0, 0.1) is 0 Å². The molecule has 0 heterocycles. The number of anilines is 1. The Kier molecular flexibility index (Phi) is 8.54. The molecule has 0 spiro atoms. The normalized spacial score (nSPS) is 8.36. The molecule has 0 radical (unpaired) electrons. The Morgan fingerprint density at radius 3 is 2.36 bits per heavy atom. The van der Waals surface area contributed by atoms with Crippen LogP contribution < -0.4 is 5.73 Å². The minimum atomic E-state index is 0.482. The third kappa shape index (κ3) is 8.59. The number of unbranched alkanes of at least 4 members (excludes halogenated alkanes) is 1. The molecule has 0 bridgehead atoms. The summed E-state index contributed by atoms with van der Waals surface area (Å²) in [5.41, 5.74) is 6.18. The Balaban J connectivity index is 0.000000241. The number of para-hydroxylation sites is 1. The molecule has 78 valence electrons. The van der Waals surface area contributed by atoms with Crippen LogP contribution in [-0.4, -0.2) is 13.1 Å². The standard InChI is InChI=1S/C6H7N.C5H10O2/c7-6-4-2-1-3-5-6;1-2-3-4-7-5-6/h1-5H,7H2;5H,2-4H2,1H3. The van der Waals surface area contributed by atoms with Gasteiger partial charge >= 0.3 is 0 Å². The van der Waals surface area contributed by atoms with Crippen molar-refractivity contribution >= 4 is 12.2 Å². The molecule has 0 aliphatic carbocycles. The Labute approximate surface area is 84.9 Å². The zero-order valence-corrected chi connectivity index (χ0v) is 8.48. The summed E-state index contributed by atoms with van der Waals surface area (Å²) in [6.07, 6.45) is 2.05. The topological polar surface area (TPSA) is 52.3 Å². The number of nitrogen functional groups attached to an aromatic ring is 1. The highest BCUT2D eigenvalue weighted by Gasteiger charge is 1.78. The van der Waals surface area contributed by atoms with Crippen LogP contribution in [0.4, 0.5) is 5.69 Å². The van der Waals surface area contributed by atoms with Gasteiger partial charge < -0.3 is 10.5 Å². The summed E-state index contributed by atoms with van der Waals surface area (Å²) in [4.78, 5) is 9.46. The van der Waals surface area contributed by atoms with E-state index in [0.29, 0.717) is 13.1 Å². The molecule has 3 nitrogen and oxygen atoms in total. The number of carbonyl (C=O) groups is 1. The number of hydrogen-bond acceptors (Lipinski definition) is 3. The molecule has 0 unspecified atom stereocenters. The van der Waals surface area contributed by atoms with E-state index in [9.17, 15) is 4.79 Å². The molecular formula is C11H17NO2. The molecule has 0 aliphatic rings. The maximum Gasteiger partial charge on any atom is 0.293 e. The van der Waals surface area contributed by atoms with Gasteiger partial charge in [0.2, 0.25) is 0 Å². The van der Waals surface area contributed by atoms with Gasteiger partial charge in [0, 0.05) is 5.69 Å². The molecule has 0 saturated carbocycles. The molecule has 0 aliphatic heterocycles. The lowest BCUT2D eigenvalue weighted by molar-refractivity contribution is -0.128. The van der Waals surface area contributed by atoms with Gasteiger partial charge in [-0.25, -0.2) is 0 Å². The lowest BCUT2D eigenvalue weighted by atomic mass is 10.3. The highest BCUT2D eigenvalue weighted by Crippen LogP contribution is 1.95. The second-order valence-corrected chi connectivity index (χ2v) is 2.73. The summed E-state index contributed by atoms with van der Waals surface area (Å²) in [6.45, 7) is 3.10. The average Bonchev–Trinajstić information content (AvgIpc) is 2.21. The molecule has 0 amide bonds. The molecule has 1 aromatic carbocycles.